The fourth-order valence-corrected chi connectivity index (χ4v) is 4.52. The lowest BCUT2D eigenvalue weighted by atomic mass is 9.95. The number of hydrogen-bond donors (Lipinski definition) is 2. The highest BCUT2D eigenvalue weighted by Crippen LogP contribution is 2.17. The second-order valence-electron chi connectivity index (χ2n) is 5.51. The number of carbonyl (C=O) groups excluding carboxylic acids is 1. The number of hydrogen-bond acceptors (Lipinski definition) is 4. The molecule has 0 spiro atoms. The molecule has 1 aromatic rings. The van der Waals surface area contributed by atoms with Gasteiger partial charge in [0.2, 0.25) is 5.91 Å². The molecular weight excluding hydrogens is 276 g/mol. The van der Waals surface area contributed by atoms with E-state index in [4.69, 9.17) is 0 Å². The minimum Gasteiger partial charge on any atom is -0.351 e. The van der Waals surface area contributed by atoms with Gasteiger partial charge in [0.15, 0.2) is 9.84 Å². The van der Waals surface area contributed by atoms with E-state index in [2.05, 4.69) is 16.7 Å². The summed E-state index contributed by atoms with van der Waals surface area (Å²) in [4.78, 5) is 12.2. The first-order valence-corrected chi connectivity index (χ1v) is 8.66. The summed E-state index contributed by atoms with van der Waals surface area (Å²) in [5.41, 5.74) is 2.41. The number of carbonyl (C=O) groups is 1. The molecule has 1 aromatic carbocycles. The molecule has 0 saturated carbocycles. The molecule has 1 saturated heterocycles. The zero-order chi connectivity index (χ0) is 14.2. The first kappa shape index (κ1) is 13.6. The lowest BCUT2D eigenvalue weighted by molar-refractivity contribution is -0.123. The second-order valence-corrected chi connectivity index (χ2v) is 7.74. The summed E-state index contributed by atoms with van der Waals surface area (Å²) in [5.74, 6) is 0.155. The van der Waals surface area contributed by atoms with Gasteiger partial charge in [-0.3, -0.25) is 4.79 Å². The third kappa shape index (κ3) is 2.86. The molecule has 3 rings (SSSR count). The van der Waals surface area contributed by atoms with Crippen LogP contribution in [-0.2, 0) is 27.6 Å². The molecule has 2 atom stereocenters. The van der Waals surface area contributed by atoms with Crippen LogP contribution in [0.5, 0.6) is 0 Å². The summed E-state index contributed by atoms with van der Waals surface area (Å²) in [7, 11) is -2.96. The maximum absolute atomic E-state index is 12.2. The Balaban J connectivity index is 1.62. The highest BCUT2D eigenvalue weighted by atomic mass is 32.2. The van der Waals surface area contributed by atoms with Gasteiger partial charge in [0.25, 0.3) is 0 Å². The van der Waals surface area contributed by atoms with E-state index in [1.54, 1.807) is 0 Å². The quantitative estimate of drug-likeness (QED) is 0.805. The molecule has 1 amide bonds. The van der Waals surface area contributed by atoms with Crippen molar-refractivity contribution in [1.82, 2.24) is 10.6 Å². The zero-order valence-electron chi connectivity index (χ0n) is 11.1. The summed E-state index contributed by atoms with van der Waals surface area (Å²) < 4.78 is 22.8. The Labute approximate surface area is 118 Å². The van der Waals surface area contributed by atoms with Crippen LogP contribution in [0, 0.1) is 0 Å². The minimum absolute atomic E-state index is 0.0715. The topological polar surface area (TPSA) is 75.3 Å². The molecule has 2 aliphatic heterocycles. The van der Waals surface area contributed by atoms with Gasteiger partial charge < -0.3 is 10.6 Å². The normalized spacial score (nSPS) is 27.8. The maximum atomic E-state index is 12.2. The summed E-state index contributed by atoms with van der Waals surface area (Å²) in [6.45, 7) is 0.678. The highest BCUT2D eigenvalue weighted by molar-refractivity contribution is 7.91. The zero-order valence-corrected chi connectivity index (χ0v) is 11.9. The third-order valence-electron chi connectivity index (χ3n) is 3.98. The predicted octanol–water partition coefficient (Wildman–Crippen LogP) is 0.00420. The van der Waals surface area contributed by atoms with Crippen molar-refractivity contribution in [2.75, 3.05) is 11.5 Å². The first-order chi connectivity index (χ1) is 9.53. The van der Waals surface area contributed by atoms with E-state index >= 15 is 0 Å². The molecule has 5 nitrogen and oxygen atoms in total. The number of amides is 1. The molecular formula is C14H18N2O3S. The summed E-state index contributed by atoms with van der Waals surface area (Å²) >= 11 is 0. The van der Waals surface area contributed by atoms with Gasteiger partial charge in [0.05, 0.1) is 17.5 Å². The monoisotopic (exact) mass is 294 g/mol. The predicted molar refractivity (Wildman–Crippen MR) is 76.0 cm³/mol. The highest BCUT2D eigenvalue weighted by Gasteiger charge is 2.31. The van der Waals surface area contributed by atoms with E-state index in [-0.39, 0.29) is 29.5 Å². The van der Waals surface area contributed by atoms with E-state index in [0.29, 0.717) is 19.4 Å². The molecule has 0 radical (unpaired) electrons. The lowest BCUT2D eigenvalue weighted by Crippen LogP contribution is -2.50. The number of rotatable bonds is 2. The molecule has 2 heterocycles. The molecule has 0 aliphatic carbocycles. The smallest absolute Gasteiger partial charge is 0.237 e. The molecule has 1 fully saturated rings. The second kappa shape index (κ2) is 5.18. The van der Waals surface area contributed by atoms with Gasteiger partial charge in [-0.1, -0.05) is 24.3 Å². The molecule has 0 bridgehead atoms. The van der Waals surface area contributed by atoms with Crippen LogP contribution in [-0.4, -0.2) is 37.9 Å². The van der Waals surface area contributed by atoms with Crippen molar-refractivity contribution in [2.24, 2.45) is 0 Å². The Hall–Kier alpha value is -1.40. The average molecular weight is 294 g/mol. The van der Waals surface area contributed by atoms with Gasteiger partial charge >= 0.3 is 0 Å². The molecule has 2 aliphatic rings. The third-order valence-corrected chi connectivity index (χ3v) is 5.74. The van der Waals surface area contributed by atoms with Crippen molar-refractivity contribution < 1.29 is 13.2 Å². The van der Waals surface area contributed by atoms with Gasteiger partial charge in [-0.25, -0.2) is 8.42 Å². The van der Waals surface area contributed by atoms with E-state index in [1.165, 1.54) is 11.1 Å². The molecule has 0 aromatic heterocycles. The van der Waals surface area contributed by atoms with Crippen LogP contribution in [0.25, 0.3) is 0 Å². The Morgan fingerprint density at radius 1 is 1.25 bits per heavy atom. The molecule has 108 valence electrons. The van der Waals surface area contributed by atoms with Crippen LogP contribution >= 0.6 is 0 Å². The SMILES string of the molecule is O=C(NC1CCS(=O)(=O)C1)[C@H]1Cc2ccccc2CN1. The van der Waals surface area contributed by atoms with Gasteiger partial charge in [-0.05, 0) is 24.0 Å². The van der Waals surface area contributed by atoms with Crippen molar-refractivity contribution in [3.05, 3.63) is 35.4 Å². The number of benzene rings is 1. The van der Waals surface area contributed by atoms with E-state index in [0.717, 1.165) is 0 Å². The van der Waals surface area contributed by atoms with Crippen molar-refractivity contribution in [2.45, 2.75) is 31.5 Å². The van der Waals surface area contributed by atoms with Gasteiger partial charge in [0.1, 0.15) is 0 Å². The van der Waals surface area contributed by atoms with Crippen molar-refractivity contribution >= 4 is 15.7 Å². The van der Waals surface area contributed by atoms with Gasteiger partial charge in [0, 0.05) is 12.6 Å². The fraction of sp³-hybridized carbons (Fsp3) is 0.500. The first-order valence-electron chi connectivity index (χ1n) is 6.84. The summed E-state index contributed by atoms with van der Waals surface area (Å²) in [5, 5.41) is 6.06. The van der Waals surface area contributed by atoms with E-state index in [9.17, 15) is 13.2 Å². The number of nitrogens with one attached hydrogen (secondary N) is 2. The molecule has 20 heavy (non-hydrogen) atoms. The lowest BCUT2D eigenvalue weighted by Gasteiger charge is -2.26. The standard InChI is InChI=1S/C14H18N2O3S/c17-14(16-12-5-6-20(18,19)9-12)13-7-10-3-1-2-4-11(10)8-15-13/h1-4,12-13,15H,5-9H2,(H,16,17)/t12?,13-/m1/s1. The Bertz CT molecular complexity index is 627. The van der Waals surface area contributed by atoms with Crippen molar-refractivity contribution in [1.29, 1.82) is 0 Å². The van der Waals surface area contributed by atoms with E-state index in [1.807, 2.05) is 18.2 Å². The van der Waals surface area contributed by atoms with Crippen LogP contribution in [0.4, 0.5) is 0 Å². The number of sulfone groups is 1. The summed E-state index contributed by atoms with van der Waals surface area (Å²) in [6, 6.07) is 7.56. The van der Waals surface area contributed by atoms with Crippen molar-refractivity contribution in [3.63, 3.8) is 0 Å². The maximum Gasteiger partial charge on any atom is 0.237 e. The largest absolute Gasteiger partial charge is 0.351 e. The molecule has 2 N–H and O–H groups in total. The van der Waals surface area contributed by atoms with E-state index < -0.39 is 9.84 Å². The van der Waals surface area contributed by atoms with Crippen LogP contribution < -0.4 is 10.6 Å². The van der Waals surface area contributed by atoms with Crippen molar-refractivity contribution in [3.8, 4) is 0 Å². The Morgan fingerprint density at radius 2 is 2.00 bits per heavy atom. The van der Waals surface area contributed by atoms with Gasteiger partial charge in [-0.2, -0.15) is 0 Å². The average Bonchev–Trinajstić information content (AvgIpc) is 2.77. The molecule has 1 unspecified atom stereocenters. The Kier molecular flexibility index (Phi) is 3.52. The number of fused-ring (bicyclic) bond motifs is 1. The van der Waals surface area contributed by atoms with Crippen LogP contribution in [0.15, 0.2) is 24.3 Å². The van der Waals surface area contributed by atoms with Crippen LogP contribution in [0.2, 0.25) is 0 Å². The van der Waals surface area contributed by atoms with Gasteiger partial charge in [-0.15, -0.1) is 0 Å². The Morgan fingerprint density at radius 3 is 2.70 bits per heavy atom. The fourth-order valence-electron chi connectivity index (χ4n) is 2.85. The molecule has 6 heteroatoms. The van der Waals surface area contributed by atoms with Crippen LogP contribution in [0.3, 0.4) is 0 Å². The summed E-state index contributed by atoms with van der Waals surface area (Å²) in [6.07, 6.45) is 1.18. The van der Waals surface area contributed by atoms with Crippen LogP contribution in [0.1, 0.15) is 17.5 Å². The minimum atomic E-state index is -2.96.